The van der Waals surface area contributed by atoms with E-state index in [2.05, 4.69) is 77.2 Å². The Balaban J connectivity index is -0.000000147. The molecule has 0 aliphatic rings. The van der Waals surface area contributed by atoms with Gasteiger partial charge in [0.2, 0.25) is 0 Å². The van der Waals surface area contributed by atoms with Crippen LogP contribution in [0.4, 0.5) is 0 Å². The van der Waals surface area contributed by atoms with E-state index in [0.29, 0.717) is 0 Å². The van der Waals surface area contributed by atoms with Gasteiger partial charge in [-0.2, -0.15) is 46.5 Å². The molecule has 0 aromatic heterocycles. The summed E-state index contributed by atoms with van der Waals surface area (Å²) in [4.78, 5) is 0. The van der Waals surface area contributed by atoms with E-state index in [4.69, 9.17) is 0 Å². The summed E-state index contributed by atoms with van der Waals surface area (Å²) in [6, 6.07) is 13.4. The molecule has 4 heteroatoms. The molecule has 0 amide bonds. The molecule has 0 N–H and O–H groups in total. The third kappa shape index (κ3) is 19.5. The molecule has 0 aliphatic carbocycles. The topological polar surface area (TPSA) is 0 Å². The van der Waals surface area contributed by atoms with E-state index < -0.39 is 0 Å². The maximum atomic E-state index is 2.27. The molecule has 0 atom stereocenters. The van der Waals surface area contributed by atoms with Crippen molar-refractivity contribution < 1.29 is 60.2 Å². The normalized spacial score (nSPS) is 8.54. The Labute approximate surface area is 206 Å². The second-order valence-corrected chi connectivity index (χ2v) is 7.53. The van der Waals surface area contributed by atoms with Crippen LogP contribution in [0.15, 0.2) is 36.4 Å². The van der Waals surface area contributed by atoms with Crippen molar-refractivity contribution in [1.29, 1.82) is 0 Å². The summed E-state index contributed by atoms with van der Waals surface area (Å²) in [5.74, 6) is 0. The Morgan fingerprint density at radius 3 is 1.27 bits per heavy atom. The fraction of sp³-hybridized carbons (Fsp3) is 0.545. The van der Waals surface area contributed by atoms with Crippen LogP contribution in [-0.4, -0.2) is 9.52 Å². The average molecular weight is 581 g/mol. The Hall–Kier alpha value is 0.760. The second kappa shape index (κ2) is 23.8. The van der Waals surface area contributed by atoms with Gasteiger partial charge in [0, 0.05) is 9.52 Å². The van der Waals surface area contributed by atoms with Gasteiger partial charge in [0.05, 0.1) is 0 Å². The molecule has 26 heavy (non-hydrogen) atoms. The minimum absolute atomic E-state index is 0. The first-order valence-corrected chi connectivity index (χ1v) is 11.6. The Morgan fingerprint density at radius 2 is 1.08 bits per heavy atom. The van der Waals surface area contributed by atoms with E-state index in [9.17, 15) is 0 Å². The number of aryl methyl sites for hydroxylation is 4. The van der Waals surface area contributed by atoms with E-state index in [1.54, 1.807) is 0 Å². The van der Waals surface area contributed by atoms with Crippen molar-refractivity contribution in [3.05, 3.63) is 58.7 Å². The molecule has 0 unspecified atom stereocenters. The quantitative estimate of drug-likeness (QED) is 0.348. The van der Waals surface area contributed by atoms with Crippen LogP contribution in [-0.2, 0) is 39.0 Å². The minimum atomic E-state index is 0. The molecule has 0 nitrogen and oxygen atoms in total. The molecule has 1 radical (unpaired) electrons. The molecule has 2 rings (SSSR count). The van der Waals surface area contributed by atoms with Gasteiger partial charge in [-0.3, -0.25) is 0 Å². The largest absolute Gasteiger partial charge is 4.00 e. The van der Waals surface area contributed by atoms with Crippen LogP contribution in [0.2, 0.25) is 13.1 Å². The van der Waals surface area contributed by atoms with Gasteiger partial charge >= 0.3 is 26.2 Å². The number of halogens is 2. The van der Waals surface area contributed by atoms with Gasteiger partial charge in [0.1, 0.15) is 0 Å². The molecule has 0 aliphatic heterocycles. The smallest absolute Gasteiger partial charge is 1.00 e. The van der Waals surface area contributed by atoms with Gasteiger partial charge in [-0.25, -0.2) is 12.1 Å². The van der Waals surface area contributed by atoms with Crippen molar-refractivity contribution in [2.75, 3.05) is 0 Å². The second-order valence-electron chi connectivity index (χ2n) is 6.38. The van der Waals surface area contributed by atoms with Crippen molar-refractivity contribution in [2.45, 2.75) is 79.3 Å². The minimum Gasteiger partial charge on any atom is -1.00 e. The van der Waals surface area contributed by atoms with Gasteiger partial charge in [0.15, 0.2) is 0 Å². The van der Waals surface area contributed by atoms with Gasteiger partial charge < -0.3 is 34.0 Å². The van der Waals surface area contributed by atoms with Crippen LogP contribution in [0, 0.1) is 13.8 Å². The molecule has 2 aromatic rings. The van der Waals surface area contributed by atoms with Crippen molar-refractivity contribution in [1.82, 2.24) is 0 Å². The molecule has 0 saturated carbocycles. The Kier molecular flexibility index (Phi) is 31.4. The first-order chi connectivity index (χ1) is 11.1. The summed E-state index contributed by atoms with van der Waals surface area (Å²) in [5, 5.41) is 0. The van der Waals surface area contributed by atoms with Crippen LogP contribution in [0.3, 0.4) is 0 Å². The van der Waals surface area contributed by atoms with Crippen molar-refractivity contribution in [3.63, 3.8) is 0 Å². The predicted octanol–water partition coefficient (Wildman–Crippen LogP) is 0.638. The number of rotatable bonds is 6. The number of hydrogen-bond donors (Lipinski definition) is 0. The predicted molar refractivity (Wildman–Crippen MR) is 110 cm³/mol. The SMILES string of the molecule is CCCCc1cc[c-](C)c1.CCCCc1cc[c-](C)c1.C[SiH]C.[Br-].[Br-].[Zr+4]. The Bertz CT molecular complexity index is 448. The van der Waals surface area contributed by atoms with Gasteiger partial charge in [-0.15, -0.1) is 0 Å². The summed E-state index contributed by atoms with van der Waals surface area (Å²) in [6.45, 7) is 13.2. The number of unbranched alkanes of at least 4 members (excludes halogenated alkanes) is 2. The monoisotopic (exact) mass is 577 g/mol. The maximum absolute atomic E-state index is 2.27. The van der Waals surface area contributed by atoms with Crippen molar-refractivity contribution in [2.24, 2.45) is 0 Å². The summed E-state index contributed by atoms with van der Waals surface area (Å²) < 4.78 is 0. The fourth-order valence-electron chi connectivity index (χ4n) is 2.33. The standard InChI is InChI=1S/2C10H15.C2H7Si.2BrH.Zr/c2*1-3-4-5-10-7-6-9(2)8-10;1-3-2;;;/h2*6-8H,3-5H2,1-2H3;3H,1-2H3;2*1H;/q2*-1;;;;+4/p-2. The van der Waals surface area contributed by atoms with Crippen LogP contribution in [0.1, 0.15) is 61.8 Å². The molecule has 0 fully saturated rings. The van der Waals surface area contributed by atoms with Crippen LogP contribution < -0.4 is 34.0 Å². The zero-order valence-electron chi connectivity index (χ0n) is 17.5. The third-order valence-corrected chi connectivity index (χ3v) is 3.58. The summed E-state index contributed by atoms with van der Waals surface area (Å²) >= 11 is 0. The van der Waals surface area contributed by atoms with Gasteiger partial charge in [-0.1, -0.05) is 79.3 Å². The van der Waals surface area contributed by atoms with Gasteiger partial charge in [0.25, 0.3) is 0 Å². The molecule has 0 saturated heterocycles. The van der Waals surface area contributed by atoms with Crippen LogP contribution in [0.25, 0.3) is 0 Å². The van der Waals surface area contributed by atoms with Gasteiger partial charge in [-0.05, 0) is 0 Å². The van der Waals surface area contributed by atoms with Crippen LogP contribution >= 0.6 is 0 Å². The molecule has 0 heterocycles. The molecule has 147 valence electrons. The van der Waals surface area contributed by atoms with Crippen molar-refractivity contribution >= 4 is 9.52 Å². The van der Waals surface area contributed by atoms with E-state index >= 15 is 0 Å². The average Bonchev–Trinajstić information content (AvgIpc) is 3.13. The molecular formula is C22H37Br2SiZr. The van der Waals surface area contributed by atoms with E-state index in [1.807, 2.05) is 0 Å². The maximum Gasteiger partial charge on any atom is 4.00 e. The van der Waals surface area contributed by atoms with Crippen LogP contribution in [0.5, 0.6) is 0 Å². The van der Waals surface area contributed by atoms with E-state index in [1.165, 1.54) is 60.8 Å². The van der Waals surface area contributed by atoms with E-state index in [-0.39, 0.29) is 60.2 Å². The molecule has 0 bridgehead atoms. The Morgan fingerprint density at radius 1 is 0.769 bits per heavy atom. The summed E-state index contributed by atoms with van der Waals surface area (Å²) in [6.07, 6.45) is 7.75. The summed E-state index contributed by atoms with van der Waals surface area (Å²) in [5.41, 5.74) is 5.79. The zero-order valence-corrected chi connectivity index (χ0v) is 24.3. The summed E-state index contributed by atoms with van der Waals surface area (Å²) in [7, 11) is 0.750. The first kappa shape index (κ1) is 34.3. The number of hydrogen-bond acceptors (Lipinski definition) is 0. The van der Waals surface area contributed by atoms with Crippen molar-refractivity contribution in [3.8, 4) is 0 Å². The third-order valence-electron chi connectivity index (χ3n) is 3.58. The molecule has 2 aromatic carbocycles. The van der Waals surface area contributed by atoms with E-state index in [0.717, 1.165) is 9.52 Å². The molecular weight excluding hydrogens is 543 g/mol. The first-order valence-electron chi connectivity index (χ1n) is 9.25. The molecule has 0 spiro atoms. The fourth-order valence-corrected chi connectivity index (χ4v) is 2.33. The zero-order chi connectivity index (χ0) is 17.5.